The summed E-state index contributed by atoms with van der Waals surface area (Å²) < 4.78 is 19.5. The highest BCUT2D eigenvalue weighted by molar-refractivity contribution is 7.09. The Morgan fingerprint density at radius 1 is 1.46 bits per heavy atom. The first-order valence-electron chi connectivity index (χ1n) is 8.14. The summed E-state index contributed by atoms with van der Waals surface area (Å²) in [6.07, 6.45) is -0.251. The maximum absolute atomic E-state index is 14.3. The van der Waals surface area contributed by atoms with Crippen LogP contribution in [0.5, 0.6) is 0 Å². The van der Waals surface area contributed by atoms with Gasteiger partial charge in [-0.1, -0.05) is 18.2 Å². The zero-order valence-corrected chi connectivity index (χ0v) is 14.4. The van der Waals surface area contributed by atoms with Crippen LogP contribution in [-0.4, -0.2) is 30.3 Å². The third kappa shape index (κ3) is 4.19. The number of hydrogen-bond acceptors (Lipinski definition) is 4. The highest BCUT2D eigenvalue weighted by atomic mass is 32.1. The largest absolute Gasteiger partial charge is 0.381 e. The van der Waals surface area contributed by atoms with E-state index in [0.717, 1.165) is 21.8 Å². The third-order valence-corrected chi connectivity index (χ3v) is 5.01. The molecule has 1 aliphatic rings. The number of amides is 1. The molecule has 1 N–H and O–H groups in total. The Balaban J connectivity index is 1.59. The van der Waals surface area contributed by atoms with Crippen LogP contribution < -0.4 is 5.32 Å². The summed E-state index contributed by atoms with van der Waals surface area (Å²) in [5.41, 5.74) is 2.87. The molecular formula is C18H21FN2O2S. The van der Waals surface area contributed by atoms with Gasteiger partial charge < -0.3 is 10.1 Å². The molecule has 1 amide bonds. The van der Waals surface area contributed by atoms with E-state index < -0.39 is 12.1 Å². The molecule has 0 bridgehead atoms. The van der Waals surface area contributed by atoms with E-state index in [1.54, 1.807) is 11.3 Å². The Bertz CT molecular complexity index is 698. The van der Waals surface area contributed by atoms with E-state index in [4.69, 9.17) is 4.74 Å². The first-order chi connectivity index (χ1) is 11.6. The Kier molecular flexibility index (Phi) is 5.58. The van der Waals surface area contributed by atoms with Crippen molar-refractivity contribution in [2.75, 3.05) is 13.2 Å². The van der Waals surface area contributed by atoms with E-state index in [1.165, 1.54) is 0 Å². The van der Waals surface area contributed by atoms with Gasteiger partial charge in [0.05, 0.1) is 10.7 Å². The second kappa shape index (κ2) is 7.85. The molecule has 2 aromatic rings. The Hall–Kier alpha value is -1.79. The first kappa shape index (κ1) is 17.0. The lowest BCUT2D eigenvalue weighted by atomic mass is 9.94. The molecule has 6 heteroatoms. The van der Waals surface area contributed by atoms with E-state index in [0.29, 0.717) is 32.6 Å². The van der Waals surface area contributed by atoms with Crippen LogP contribution in [0, 0.1) is 12.8 Å². The molecule has 1 fully saturated rings. The Labute approximate surface area is 145 Å². The fourth-order valence-corrected chi connectivity index (χ4v) is 3.47. The van der Waals surface area contributed by atoms with Gasteiger partial charge in [-0.2, -0.15) is 0 Å². The van der Waals surface area contributed by atoms with Crippen molar-refractivity contribution in [3.05, 3.63) is 40.2 Å². The molecule has 1 aliphatic heterocycles. The predicted octanol–water partition coefficient (Wildman–Crippen LogP) is 3.50. The van der Waals surface area contributed by atoms with Gasteiger partial charge in [0.25, 0.3) is 5.91 Å². The van der Waals surface area contributed by atoms with Gasteiger partial charge in [-0.25, -0.2) is 9.37 Å². The van der Waals surface area contributed by atoms with Crippen LogP contribution in [0.3, 0.4) is 0 Å². The quantitative estimate of drug-likeness (QED) is 0.900. The summed E-state index contributed by atoms with van der Waals surface area (Å²) in [5.74, 6) is -0.764. The van der Waals surface area contributed by atoms with Gasteiger partial charge in [-0.15, -0.1) is 11.3 Å². The number of aryl methyl sites for hydroxylation is 1. The molecule has 4 nitrogen and oxygen atoms in total. The zero-order chi connectivity index (χ0) is 16.9. The van der Waals surface area contributed by atoms with Crippen LogP contribution in [0.25, 0.3) is 11.3 Å². The van der Waals surface area contributed by atoms with Crippen LogP contribution >= 0.6 is 11.3 Å². The number of carbonyl (C=O) groups excluding carboxylic acids is 1. The molecule has 1 atom stereocenters. The number of ether oxygens (including phenoxy) is 1. The fourth-order valence-electron chi connectivity index (χ4n) is 2.85. The zero-order valence-electron chi connectivity index (χ0n) is 13.6. The topological polar surface area (TPSA) is 51.2 Å². The molecule has 0 aliphatic carbocycles. The highest BCUT2D eigenvalue weighted by Crippen LogP contribution is 2.23. The number of nitrogens with one attached hydrogen (secondary N) is 1. The van der Waals surface area contributed by atoms with Crippen molar-refractivity contribution in [2.45, 2.75) is 32.5 Å². The lowest BCUT2D eigenvalue weighted by molar-refractivity contribution is -0.129. The van der Waals surface area contributed by atoms with Crippen molar-refractivity contribution in [1.29, 1.82) is 0 Å². The van der Waals surface area contributed by atoms with E-state index in [2.05, 4.69) is 10.3 Å². The summed E-state index contributed by atoms with van der Waals surface area (Å²) in [5, 5.41) is 5.73. The molecule has 1 saturated heterocycles. The van der Waals surface area contributed by atoms with Gasteiger partial charge in [0.15, 0.2) is 6.17 Å². The van der Waals surface area contributed by atoms with Crippen LogP contribution in [0.4, 0.5) is 4.39 Å². The average Bonchev–Trinajstić information content (AvgIpc) is 3.06. The van der Waals surface area contributed by atoms with Crippen LogP contribution in [0.1, 0.15) is 23.4 Å². The maximum atomic E-state index is 14.3. The molecule has 24 heavy (non-hydrogen) atoms. The third-order valence-electron chi connectivity index (χ3n) is 4.24. The summed E-state index contributed by atoms with van der Waals surface area (Å²) in [6, 6.07) is 7.82. The van der Waals surface area contributed by atoms with Crippen LogP contribution in [-0.2, 0) is 16.1 Å². The van der Waals surface area contributed by atoms with Crippen molar-refractivity contribution in [3.8, 4) is 11.3 Å². The Morgan fingerprint density at radius 3 is 2.96 bits per heavy atom. The monoisotopic (exact) mass is 348 g/mol. The van der Waals surface area contributed by atoms with Gasteiger partial charge in [-0.05, 0) is 31.4 Å². The molecule has 1 aromatic carbocycles. The van der Waals surface area contributed by atoms with Crippen molar-refractivity contribution >= 4 is 17.2 Å². The van der Waals surface area contributed by atoms with E-state index in [-0.39, 0.29) is 5.92 Å². The second-order valence-electron chi connectivity index (χ2n) is 6.02. The molecule has 0 saturated carbocycles. The summed E-state index contributed by atoms with van der Waals surface area (Å²) in [6.45, 7) is 3.36. The van der Waals surface area contributed by atoms with Crippen molar-refractivity contribution in [1.82, 2.24) is 10.3 Å². The molecule has 128 valence electrons. The lowest BCUT2D eigenvalue weighted by Crippen LogP contribution is -2.38. The minimum atomic E-state index is -1.46. The maximum Gasteiger partial charge on any atom is 0.255 e. The van der Waals surface area contributed by atoms with Crippen LogP contribution in [0.2, 0.25) is 0 Å². The summed E-state index contributed by atoms with van der Waals surface area (Å²) >= 11 is 1.60. The molecule has 2 heterocycles. The fraction of sp³-hybridized carbons (Fsp3) is 0.444. The molecule has 3 rings (SSSR count). The normalized spacial score (nSPS) is 16.8. The number of alkyl halides is 1. The van der Waals surface area contributed by atoms with E-state index >= 15 is 0 Å². The second-order valence-corrected chi connectivity index (χ2v) is 7.08. The van der Waals surface area contributed by atoms with Gasteiger partial charge >= 0.3 is 0 Å². The van der Waals surface area contributed by atoms with E-state index in [1.807, 2.05) is 36.6 Å². The van der Waals surface area contributed by atoms with Crippen molar-refractivity contribution < 1.29 is 13.9 Å². The van der Waals surface area contributed by atoms with Crippen LogP contribution in [0.15, 0.2) is 29.6 Å². The predicted molar refractivity (Wildman–Crippen MR) is 92.6 cm³/mol. The number of nitrogens with zero attached hydrogens (tertiary/aromatic N) is 1. The summed E-state index contributed by atoms with van der Waals surface area (Å²) in [4.78, 5) is 16.5. The SMILES string of the molecule is Cc1nc(-c2cccc(CNC(=O)C(F)C3CCOCC3)c2)cs1. The Morgan fingerprint density at radius 2 is 2.25 bits per heavy atom. The first-order valence-corrected chi connectivity index (χ1v) is 9.02. The molecule has 1 aromatic heterocycles. The number of aromatic nitrogens is 1. The summed E-state index contributed by atoms with van der Waals surface area (Å²) in [7, 11) is 0. The van der Waals surface area contributed by atoms with Crippen molar-refractivity contribution in [2.24, 2.45) is 5.92 Å². The lowest BCUT2D eigenvalue weighted by Gasteiger charge is -2.24. The smallest absolute Gasteiger partial charge is 0.255 e. The average molecular weight is 348 g/mol. The molecule has 0 spiro atoms. The number of rotatable bonds is 5. The molecule has 0 radical (unpaired) electrons. The number of hydrogen-bond donors (Lipinski definition) is 1. The van der Waals surface area contributed by atoms with Gasteiger partial charge in [0.1, 0.15) is 0 Å². The van der Waals surface area contributed by atoms with Gasteiger partial charge in [0, 0.05) is 36.6 Å². The molecule has 1 unspecified atom stereocenters. The number of thiazole rings is 1. The minimum Gasteiger partial charge on any atom is -0.381 e. The number of halogens is 1. The van der Waals surface area contributed by atoms with E-state index in [9.17, 15) is 9.18 Å². The van der Waals surface area contributed by atoms with Crippen molar-refractivity contribution in [3.63, 3.8) is 0 Å². The number of benzene rings is 1. The highest BCUT2D eigenvalue weighted by Gasteiger charge is 2.29. The minimum absolute atomic E-state index is 0.233. The van der Waals surface area contributed by atoms with Gasteiger partial charge in [-0.3, -0.25) is 4.79 Å². The molecular weight excluding hydrogens is 327 g/mol. The van der Waals surface area contributed by atoms with Gasteiger partial charge in [0.2, 0.25) is 0 Å². The number of carbonyl (C=O) groups is 1. The standard InChI is InChI=1S/C18H21FN2O2S/c1-12-21-16(11-24-12)15-4-2-3-13(9-15)10-20-18(22)17(19)14-5-7-23-8-6-14/h2-4,9,11,14,17H,5-8,10H2,1H3,(H,20,22).